The van der Waals surface area contributed by atoms with E-state index in [4.69, 9.17) is 0 Å². The minimum Gasteiger partial charge on any atom is -0.550 e. The standard InChI is InChI=1S/C8H12O4.K.Na/c9-7(10)5-3-1-2-4-6(5)8(11)12;;/h5-6H,1-4H2,(H,9,10)(H,11,12);;/q;2*+1/p-2. The van der Waals surface area contributed by atoms with Gasteiger partial charge in [-0.15, -0.1) is 0 Å². The van der Waals surface area contributed by atoms with Crippen molar-refractivity contribution in [3.63, 3.8) is 0 Å². The number of carboxylic acids is 2. The first-order chi connectivity index (χ1) is 5.63. The summed E-state index contributed by atoms with van der Waals surface area (Å²) in [5.74, 6) is -4.21. The van der Waals surface area contributed by atoms with Gasteiger partial charge in [-0.3, -0.25) is 0 Å². The quantitative estimate of drug-likeness (QED) is 0.443. The first-order valence-electron chi connectivity index (χ1n) is 4.04. The minimum absolute atomic E-state index is 0. The number of aliphatic carboxylic acids is 2. The van der Waals surface area contributed by atoms with Crippen LogP contribution in [-0.4, -0.2) is 11.9 Å². The Balaban J connectivity index is 0. The molecule has 6 heteroatoms. The molecule has 14 heavy (non-hydrogen) atoms. The first-order valence-corrected chi connectivity index (χ1v) is 4.04. The topological polar surface area (TPSA) is 80.3 Å². The van der Waals surface area contributed by atoms with Crippen LogP contribution in [0.4, 0.5) is 0 Å². The van der Waals surface area contributed by atoms with Gasteiger partial charge < -0.3 is 19.8 Å². The van der Waals surface area contributed by atoms with E-state index >= 15 is 0 Å². The number of carbonyl (C=O) groups excluding carboxylic acids is 2. The summed E-state index contributed by atoms with van der Waals surface area (Å²) in [7, 11) is 0. The number of hydrogen-bond donors (Lipinski definition) is 0. The zero-order valence-corrected chi connectivity index (χ0v) is 13.7. The van der Waals surface area contributed by atoms with Gasteiger partial charge in [-0.2, -0.15) is 0 Å². The number of carbonyl (C=O) groups is 2. The Kier molecular flexibility index (Phi) is 11.2. The Bertz CT molecular complexity index is 188. The van der Waals surface area contributed by atoms with Crippen molar-refractivity contribution in [1.29, 1.82) is 0 Å². The van der Waals surface area contributed by atoms with E-state index in [1.165, 1.54) is 0 Å². The molecule has 2 atom stereocenters. The van der Waals surface area contributed by atoms with Crippen molar-refractivity contribution < 1.29 is 101 Å². The molecule has 1 saturated carbocycles. The molecule has 1 aliphatic carbocycles. The predicted octanol–water partition coefficient (Wildman–Crippen LogP) is -7.70. The van der Waals surface area contributed by atoms with Crippen molar-refractivity contribution in [3.8, 4) is 0 Å². The van der Waals surface area contributed by atoms with Gasteiger partial charge in [0.1, 0.15) is 0 Å². The molecule has 0 radical (unpaired) electrons. The molecule has 0 N–H and O–H groups in total. The molecule has 0 amide bonds. The fourth-order valence-electron chi connectivity index (χ4n) is 1.70. The van der Waals surface area contributed by atoms with Crippen molar-refractivity contribution in [2.45, 2.75) is 25.7 Å². The van der Waals surface area contributed by atoms with Crippen LogP contribution in [0.15, 0.2) is 0 Å². The maximum Gasteiger partial charge on any atom is 1.00 e. The van der Waals surface area contributed by atoms with E-state index in [9.17, 15) is 19.8 Å². The molecule has 4 nitrogen and oxygen atoms in total. The van der Waals surface area contributed by atoms with E-state index in [-0.39, 0.29) is 80.9 Å². The van der Waals surface area contributed by atoms with Gasteiger partial charge in [0.05, 0.1) is 0 Å². The summed E-state index contributed by atoms with van der Waals surface area (Å²) in [6.45, 7) is 0. The molecule has 0 bridgehead atoms. The molecule has 0 aromatic carbocycles. The maximum atomic E-state index is 10.5. The van der Waals surface area contributed by atoms with Gasteiger partial charge >= 0.3 is 80.9 Å². The third-order valence-corrected chi connectivity index (χ3v) is 2.37. The predicted molar refractivity (Wildman–Crippen MR) is 35.5 cm³/mol. The fourth-order valence-corrected chi connectivity index (χ4v) is 1.70. The summed E-state index contributed by atoms with van der Waals surface area (Å²) in [5.41, 5.74) is 0. The van der Waals surface area contributed by atoms with Gasteiger partial charge in [0.2, 0.25) is 0 Å². The van der Waals surface area contributed by atoms with E-state index < -0.39 is 23.8 Å². The van der Waals surface area contributed by atoms with Crippen LogP contribution in [0.2, 0.25) is 0 Å². The first kappa shape index (κ1) is 18.0. The summed E-state index contributed by atoms with van der Waals surface area (Å²) < 4.78 is 0. The van der Waals surface area contributed by atoms with Gasteiger partial charge in [0, 0.05) is 23.8 Å². The van der Waals surface area contributed by atoms with Crippen LogP contribution in [0, 0.1) is 11.8 Å². The molecule has 0 spiro atoms. The zero-order chi connectivity index (χ0) is 9.14. The third-order valence-electron chi connectivity index (χ3n) is 2.37. The smallest absolute Gasteiger partial charge is 0.550 e. The molecule has 0 aromatic rings. The Morgan fingerprint density at radius 3 is 1.43 bits per heavy atom. The van der Waals surface area contributed by atoms with Crippen molar-refractivity contribution in [2.24, 2.45) is 11.8 Å². The average Bonchev–Trinajstić information content (AvgIpc) is 2.04. The minimum atomic E-state index is -1.26. The van der Waals surface area contributed by atoms with Crippen LogP contribution in [0.25, 0.3) is 0 Å². The monoisotopic (exact) mass is 232 g/mol. The molecule has 0 saturated heterocycles. The zero-order valence-electron chi connectivity index (χ0n) is 8.62. The number of hydrogen-bond acceptors (Lipinski definition) is 4. The second-order valence-electron chi connectivity index (χ2n) is 3.14. The largest absolute Gasteiger partial charge is 1.00 e. The van der Waals surface area contributed by atoms with Gasteiger partial charge in [-0.1, -0.05) is 12.8 Å². The molecule has 0 aromatic heterocycles. The molecule has 0 aliphatic heterocycles. The van der Waals surface area contributed by atoms with Gasteiger partial charge in [0.25, 0.3) is 0 Å². The molecular formula is C8H10KNaO4. The van der Waals surface area contributed by atoms with E-state index in [0.717, 1.165) is 12.8 Å². The average molecular weight is 232 g/mol. The van der Waals surface area contributed by atoms with Crippen LogP contribution in [0.1, 0.15) is 25.7 Å². The van der Waals surface area contributed by atoms with Crippen LogP contribution < -0.4 is 91.2 Å². The molecule has 68 valence electrons. The Morgan fingerprint density at radius 2 is 1.21 bits per heavy atom. The molecule has 1 aliphatic rings. The Hall–Kier alpha value is 1.58. The Labute approximate surface area is 148 Å². The summed E-state index contributed by atoms with van der Waals surface area (Å²) >= 11 is 0. The van der Waals surface area contributed by atoms with E-state index in [0.29, 0.717) is 12.8 Å². The van der Waals surface area contributed by atoms with Gasteiger partial charge in [-0.05, 0) is 12.8 Å². The molecule has 0 heterocycles. The maximum absolute atomic E-state index is 10.5. The summed E-state index contributed by atoms with van der Waals surface area (Å²) in [4.78, 5) is 20.9. The molecule has 2 unspecified atom stereocenters. The SMILES string of the molecule is O=C([O-])C1CCCCC1C(=O)[O-].[K+].[Na+]. The second kappa shape index (κ2) is 8.70. The number of carboxylic acid groups (broad SMARTS) is 2. The molecule has 1 rings (SSSR count). The normalized spacial score (nSPS) is 25.4. The summed E-state index contributed by atoms with van der Waals surface area (Å²) in [5, 5.41) is 20.9. The molecular weight excluding hydrogens is 222 g/mol. The van der Waals surface area contributed by atoms with Gasteiger partial charge in [0.15, 0.2) is 0 Å². The van der Waals surface area contributed by atoms with E-state index in [1.807, 2.05) is 0 Å². The van der Waals surface area contributed by atoms with Gasteiger partial charge in [-0.25, -0.2) is 0 Å². The number of rotatable bonds is 2. The molecule has 1 fully saturated rings. The van der Waals surface area contributed by atoms with Crippen LogP contribution in [0.3, 0.4) is 0 Å². The summed E-state index contributed by atoms with van der Waals surface area (Å²) in [6.07, 6.45) is 2.34. The van der Waals surface area contributed by atoms with Crippen molar-refractivity contribution in [2.75, 3.05) is 0 Å². The van der Waals surface area contributed by atoms with Crippen LogP contribution in [-0.2, 0) is 9.59 Å². The van der Waals surface area contributed by atoms with Crippen molar-refractivity contribution >= 4 is 11.9 Å². The fraction of sp³-hybridized carbons (Fsp3) is 0.750. The van der Waals surface area contributed by atoms with E-state index in [2.05, 4.69) is 0 Å². The van der Waals surface area contributed by atoms with Crippen molar-refractivity contribution in [1.82, 2.24) is 0 Å². The van der Waals surface area contributed by atoms with Crippen molar-refractivity contribution in [3.05, 3.63) is 0 Å². The van der Waals surface area contributed by atoms with E-state index in [1.54, 1.807) is 0 Å². The second-order valence-corrected chi connectivity index (χ2v) is 3.14. The summed E-state index contributed by atoms with van der Waals surface area (Å²) in [6, 6.07) is 0. The van der Waals surface area contributed by atoms with Crippen LogP contribution >= 0.6 is 0 Å². The Morgan fingerprint density at radius 1 is 0.929 bits per heavy atom. The van der Waals surface area contributed by atoms with Crippen LogP contribution in [0.5, 0.6) is 0 Å². The third kappa shape index (κ3) is 5.07.